The second-order valence-corrected chi connectivity index (χ2v) is 3.55. The third-order valence-corrected chi connectivity index (χ3v) is 2.31. The molecule has 2 nitrogen and oxygen atoms in total. The first-order valence-electron chi connectivity index (χ1n) is 4.78. The van der Waals surface area contributed by atoms with E-state index in [0.29, 0.717) is 6.10 Å². The zero-order valence-electron chi connectivity index (χ0n) is 7.92. The van der Waals surface area contributed by atoms with Crippen LogP contribution in [0.4, 0.5) is 0 Å². The van der Waals surface area contributed by atoms with Crippen molar-refractivity contribution in [1.29, 1.82) is 0 Å². The van der Waals surface area contributed by atoms with Crippen LogP contribution in [0.2, 0.25) is 0 Å². The minimum absolute atomic E-state index is 0.363. The number of hydrogen-bond acceptors (Lipinski definition) is 2. The molecule has 1 saturated heterocycles. The summed E-state index contributed by atoms with van der Waals surface area (Å²) in [4.78, 5) is 0. The van der Waals surface area contributed by atoms with Crippen molar-refractivity contribution >= 4 is 0 Å². The summed E-state index contributed by atoms with van der Waals surface area (Å²) in [7, 11) is 0. The first-order valence-corrected chi connectivity index (χ1v) is 4.78. The maximum atomic E-state index is 5.79. The number of hydrogen-bond donors (Lipinski definition) is 1. The Balaban J connectivity index is 2.00. The third kappa shape index (κ3) is 2.22. The highest BCUT2D eigenvalue weighted by Gasteiger charge is 2.15. The van der Waals surface area contributed by atoms with Crippen molar-refractivity contribution in [2.45, 2.75) is 19.4 Å². The summed E-state index contributed by atoms with van der Waals surface area (Å²) < 4.78 is 5.79. The molecule has 0 amide bonds. The molecule has 1 aromatic carbocycles. The Bertz CT molecular complexity index is 279. The Morgan fingerprint density at radius 3 is 3.08 bits per heavy atom. The Morgan fingerprint density at radius 1 is 1.46 bits per heavy atom. The van der Waals surface area contributed by atoms with E-state index < -0.39 is 0 Å². The van der Waals surface area contributed by atoms with Gasteiger partial charge in [-0.25, -0.2) is 0 Å². The van der Waals surface area contributed by atoms with Gasteiger partial charge in [0.05, 0.1) is 0 Å². The molecule has 1 aromatic rings. The lowest BCUT2D eigenvalue weighted by Crippen LogP contribution is -2.19. The first kappa shape index (κ1) is 8.57. The van der Waals surface area contributed by atoms with Gasteiger partial charge in [0, 0.05) is 6.54 Å². The van der Waals surface area contributed by atoms with Crippen LogP contribution in [0.1, 0.15) is 12.0 Å². The van der Waals surface area contributed by atoms with Crippen molar-refractivity contribution in [3.05, 3.63) is 29.8 Å². The van der Waals surface area contributed by atoms with Gasteiger partial charge in [0.2, 0.25) is 0 Å². The molecule has 0 bridgehead atoms. The van der Waals surface area contributed by atoms with Crippen LogP contribution >= 0.6 is 0 Å². The highest BCUT2D eigenvalue weighted by molar-refractivity contribution is 5.27. The third-order valence-electron chi connectivity index (χ3n) is 2.31. The fraction of sp³-hybridized carbons (Fsp3) is 0.455. The summed E-state index contributed by atoms with van der Waals surface area (Å²) in [5.74, 6) is 0.994. The van der Waals surface area contributed by atoms with Crippen molar-refractivity contribution in [2.75, 3.05) is 13.1 Å². The molecule has 2 rings (SSSR count). The Hall–Kier alpha value is -1.02. The summed E-state index contributed by atoms with van der Waals surface area (Å²) in [5.41, 5.74) is 1.25. The van der Waals surface area contributed by atoms with Gasteiger partial charge in [0.15, 0.2) is 0 Å². The van der Waals surface area contributed by atoms with Crippen molar-refractivity contribution in [3.8, 4) is 5.75 Å². The maximum absolute atomic E-state index is 5.79. The molecular formula is C11H15NO. The van der Waals surface area contributed by atoms with Gasteiger partial charge < -0.3 is 10.1 Å². The maximum Gasteiger partial charge on any atom is 0.120 e. The minimum atomic E-state index is 0.363. The van der Waals surface area contributed by atoms with Gasteiger partial charge in [-0.15, -0.1) is 0 Å². The average molecular weight is 177 g/mol. The second kappa shape index (κ2) is 3.79. The molecule has 0 aliphatic carbocycles. The molecule has 0 aromatic heterocycles. The van der Waals surface area contributed by atoms with Crippen LogP contribution in [-0.2, 0) is 0 Å². The van der Waals surface area contributed by atoms with Crippen LogP contribution in [0.25, 0.3) is 0 Å². The highest BCUT2D eigenvalue weighted by Crippen LogP contribution is 2.16. The van der Waals surface area contributed by atoms with E-state index in [1.165, 1.54) is 5.56 Å². The molecule has 0 saturated carbocycles. The van der Waals surface area contributed by atoms with Crippen LogP contribution in [0.15, 0.2) is 24.3 Å². The smallest absolute Gasteiger partial charge is 0.120 e. The second-order valence-electron chi connectivity index (χ2n) is 3.55. The first-order chi connectivity index (χ1) is 6.34. The normalized spacial score (nSPS) is 21.8. The zero-order chi connectivity index (χ0) is 9.10. The highest BCUT2D eigenvalue weighted by atomic mass is 16.5. The van der Waals surface area contributed by atoms with Gasteiger partial charge >= 0.3 is 0 Å². The lowest BCUT2D eigenvalue weighted by atomic mass is 10.2. The Morgan fingerprint density at radius 2 is 2.38 bits per heavy atom. The summed E-state index contributed by atoms with van der Waals surface area (Å²) in [6.45, 7) is 4.14. The summed E-state index contributed by atoms with van der Waals surface area (Å²) >= 11 is 0. The van der Waals surface area contributed by atoms with Crippen LogP contribution in [-0.4, -0.2) is 19.2 Å². The number of ether oxygens (including phenoxy) is 1. The average Bonchev–Trinajstić information content (AvgIpc) is 2.57. The molecule has 70 valence electrons. The quantitative estimate of drug-likeness (QED) is 0.743. The van der Waals surface area contributed by atoms with E-state index in [9.17, 15) is 0 Å². The van der Waals surface area contributed by atoms with Gasteiger partial charge in [-0.3, -0.25) is 0 Å². The topological polar surface area (TPSA) is 21.3 Å². The van der Waals surface area contributed by atoms with Crippen LogP contribution in [0, 0.1) is 6.92 Å². The molecule has 0 unspecified atom stereocenters. The molecule has 1 N–H and O–H groups in total. The monoisotopic (exact) mass is 177 g/mol. The molecule has 2 heteroatoms. The molecule has 1 atom stereocenters. The van der Waals surface area contributed by atoms with E-state index in [1.54, 1.807) is 0 Å². The number of nitrogens with one attached hydrogen (secondary N) is 1. The van der Waals surface area contributed by atoms with E-state index in [-0.39, 0.29) is 0 Å². The lowest BCUT2D eigenvalue weighted by Gasteiger charge is -2.12. The zero-order valence-corrected chi connectivity index (χ0v) is 7.92. The molecular weight excluding hydrogens is 162 g/mol. The number of benzene rings is 1. The fourth-order valence-corrected chi connectivity index (χ4v) is 1.61. The van der Waals surface area contributed by atoms with Crippen molar-refractivity contribution in [1.82, 2.24) is 5.32 Å². The molecule has 1 aliphatic rings. The van der Waals surface area contributed by atoms with Crippen molar-refractivity contribution < 1.29 is 4.74 Å². The fourth-order valence-electron chi connectivity index (χ4n) is 1.61. The standard InChI is InChI=1S/C11H15NO/c1-9-3-2-4-10(7-9)13-11-5-6-12-8-11/h2-4,7,11-12H,5-6,8H2,1H3/t11-/m1/s1. The molecule has 1 aliphatic heterocycles. The minimum Gasteiger partial charge on any atom is -0.489 e. The van der Waals surface area contributed by atoms with Gasteiger partial charge in [-0.2, -0.15) is 0 Å². The summed E-state index contributed by atoms with van der Waals surface area (Å²) in [6.07, 6.45) is 1.48. The van der Waals surface area contributed by atoms with Gasteiger partial charge in [-0.05, 0) is 37.6 Å². The largest absolute Gasteiger partial charge is 0.489 e. The predicted molar refractivity (Wildman–Crippen MR) is 53.1 cm³/mol. The van der Waals surface area contributed by atoms with Crippen molar-refractivity contribution in [2.24, 2.45) is 0 Å². The lowest BCUT2D eigenvalue weighted by molar-refractivity contribution is 0.223. The van der Waals surface area contributed by atoms with E-state index in [0.717, 1.165) is 25.3 Å². The SMILES string of the molecule is Cc1cccc(O[C@@H]2CCNC2)c1. The van der Waals surface area contributed by atoms with Gasteiger partial charge in [0.25, 0.3) is 0 Å². The number of aryl methyl sites for hydroxylation is 1. The van der Waals surface area contributed by atoms with Gasteiger partial charge in [0.1, 0.15) is 11.9 Å². The molecule has 0 radical (unpaired) electrons. The van der Waals surface area contributed by atoms with Crippen molar-refractivity contribution in [3.63, 3.8) is 0 Å². The van der Waals surface area contributed by atoms with Crippen LogP contribution in [0.3, 0.4) is 0 Å². The molecule has 1 fully saturated rings. The van der Waals surface area contributed by atoms with E-state index >= 15 is 0 Å². The number of rotatable bonds is 2. The molecule has 1 heterocycles. The van der Waals surface area contributed by atoms with E-state index in [2.05, 4.69) is 24.4 Å². The van der Waals surface area contributed by atoms with Crippen LogP contribution in [0.5, 0.6) is 5.75 Å². The van der Waals surface area contributed by atoms with E-state index in [1.807, 2.05) is 12.1 Å². The predicted octanol–water partition coefficient (Wildman–Crippen LogP) is 1.74. The Labute approximate surface area is 78.9 Å². The van der Waals surface area contributed by atoms with Crippen LogP contribution < -0.4 is 10.1 Å². The molecule has 13 heavy (non-hydrogen) atoms. The summed E-state index contributed by atoms with van der Waals surface area (Å²) in [6, 6.07) is 8.22. The molecule has 0 spiro atoms. The van der Waals surface area contributed by atoms with Gasteiger partial charge in [-0.1, -0.05) is 12.1 Å². The van der Waals surface area contributed by atoms with E-state index in [4.69, 9.17) is 4.74 Å². The Kier molecular flexibility index (Phi) is 2.50. The summed E-state index contributed by atoms with van der Waals surface area (Å²) in [5, 5.41) is 3.28.